The number of hydrogen-bond donors (Lipinski definition) is 1. The number of halogens is 4. The Hall–Kier alpha value is -1.27. The molecule has 0 aliphatic heterocycles. The van der Waals surface area contributed by atoms with Gasteiger partial charge in [0.25, 0.3) is 0 Å². The number of benzene rings is 1. The van der Waals surface area contributed by atoms with E-state index in [-0.39, 0.29) is 16.8 Å². The van der Waals surface area contributed by atoms with Crippen LogP contribution in [0, 0.1) is 0 Å². The second-order valence-electron chi connectivity index (χ2n) is 4.96. The highest BCUT2D eigenvalue weighted by Crippen LogP contribution is 2.33. The summed E-state index contributed by atoms with van der Waals surface area (Å²) in [7, 11) is 0. The largest absolute Gasteiger partial charge is 0.573 e. The van der Waals surface area contributed by atoms with E-state index in [2.05, 4.69) is 10.1 Å². The number of alkyl halides is 3. The normalized spacial score (nSPS) is 13.3. The first-order valence-corrected chi connectivity index (χ1v) is 6.77. The Kier molecular flexibility index (Phi) is 6.04. The van der Waals surface area contributed by atoms with Crippen molar-refractivity contribution in [1.29, 1.82) is 0 Å². The summed E-state index contributed by atoms with van der Waals surface area (Å²) in [6.07, 6.45) is -4.83. The maximum atomic E-state index is 12.3. The van der Waals surface area contributed by atoms with Gasteiger partial charge in [0.2, 0.25) is 0 Å². The van der Waals surface area contributed by atoms with Crippen LogP contribution in [0.4, 0.5) is 13.2 Å². The van der Waals surface area contributed by atoms with E-state index in [4.69, 9.17) is 11.6 Å². The van der Waals surface area contributed by atoms with Crippen molar-refractivity contribution < 1.29 is 22.7 Å². The van der Waals surface area contributed by atoms with Gasteiger partial charge in [-0.05, 0) is 24.6 Å². The number of hydrogen-bond acceptors (Lipinski definition) is 3. The second-order valence-corrected chi connectivity index (χ2v) is 5.37. The van der Waals surface area contributed by atoms with Gasteiger partial charge in [0, 0.05) is 12.6 Å². The highest BCUT2D eigenvalue weighted by Gasteiger charge is 2.32. The summed E-state index contributed by atoms with van der Waals surface area (Å²) in [5.41, 5.74) is 0.430. The van der Waals surface area contributed by atoms with Crippen LogP contribution in [0.15, 0.2) is 18.2 Å². The molecule has 1 aromatic carbocycles. The highest BCUT2D eigenvalue weighted by molar-refractivity contribution is 6.32. The van der Waals surface area contributed by atoms with E-state index in [1.165, 1.54) is 19.1 Å². The molecular formula is C14H17ClF3NO2. The van der Waals surface area contributed by atoms with Gasteiger partial charge in [0.15, 0.2) is 0 Å². The Morgan fingerprint density at radius 2 is 2.00 bits per heavy atom. The van der Waals surface area contributed by atoms with E-state index in [0.29, 0.717) is 12.1 Å². The number of carbonyl (C=O) groups excluding carboxylic acids is 1. The first-order chi connectivity index (χ1) is 9.60. The SMILES string of the molecule is CC(=O)C(CNC(C)C)c1ccc(Cl)c(OC(F)(F)F)c1. The Bertz CT molecular complexity index is 503. The van der Waals surface area contributed by atoms with Crippen molar-refractivity contribution in [2.75, 3.05) is 6.54 Å². The van der Waals surface area contributed by atoms with Gasteiger partial charge in [-0.2, -0.15) is 0 Å². The zero-order valence-corrected chi connectivity index (χ0v) is 12.7. The monoisotopic (exact) mass is 323 g/mol. The summed E-state index contributed by atoms with van der Waals surface area (Å²) in [4.78, 5) is 11.7. The molecule has 118 valence electrons. The van der Waals surface area contributed by atoms with Gasteiger partial charge in [-0.3, -0.25) is 4.79 Å². The van der Waals surface area contributed by atoms with Crippen LogP contribution in [0.3, 0.4) is 0 Å². The molecule has 1 unspecified atom stereocenters. The summed E-state index contributed by atoms with van der Waals surface area (Å²) < 4.78 is 40.8. The zero-order chi connectivity index (χ0) is 16.2. The van der Waals surface area contributed by atoms with Crippen LogP contribution in [0.5, 0.6) is 5.75 Å². The van der Waals surface area contributed by atoms with Crippen molar-refractivity contribution >= 4 is 17.4 Å². The Balaban J connectivity index is 3.04. The number of nitrogens with one attached hydrogen (secondary N) is 1. The Labute approximate surface area is 126 Å². The fourth-order valence-corrected chi connectivity index (χ4v) is 1.95. The van der Waals surface area contributed by atoms with Crippen LogP contribution >= 0.6 is 11.6 Å². The van der Waals surface area contributed by atoms with Crippen molar-refractivity contribution in [3.8, 4) is 5.75 Å². The van der Waals surface area contributed by atoms with E-state index in [0.717, 1.165) is 6.07 Å². The molecule has 0 heterocycles. The molecule has 21 heavy (non-hydrogen) atoms. The van der Waals surface area contributed by atoms with E-state index in [1.54, 1.807) is 0 Å². The van der Waals surface area contributed by atoms with Gasteiger partial charge in [-0.1, -0.05) is 31.5 Å². The molecule has 1 aromatic rings. The van der Waals surface area contributed by atoms with Gasteiger partial charge < -0.3 is 10.1 Å². The minimum Gasteiger partial charge on any atom is -0.404 e. The average Bonchev–Trinajstić information content (AvgIpc) is 2.30. The van der Waals surface area contributed by atoms with Crippen LogP contribution in [0.25, 0.3) is 0 Å². The van der Waals surface area contributed by atoms with E-state index < -0.39 is 18.0 Å². The molecule has 0 saturated carbocycles. The highest BCUT2D eigenvalue weighted by atomic mass is 35.5. The smallest absolute Gasteiger partial charge is 0.404 e. The molecule has 0 bridgehead atoms. The zero-order valence-electron chi connectivity index (χ0n) is 11.9. The van der Waals surface area contributed by atoms with Gasteiger partial charge >= 0.3 is 6.36 Å². The van der Waals surface area contributed by atoms with Crippen molar-refractivity contribution in [2.24, 2.45) is 0 Å². The van der Waals surface area contributed by atoms with Crippen LogP contribution in [-0.2, 0) is 4.79 Å². The molecule has 1 atom stereocenters. The van der Waals surface area contributed by atoms with Crippen LogP contribution in [-0.4, -0.2) is 24.7 Å². The maximum Gasteiger partial charge on any atom is 0.573 e. The number of rotatable bonds is 6. The molecule has 1 N–H and O–H groups in total. The molecule has 0 aliphatic rings. The van der Waals surface area contributed by atoms with E-state index in [9.17, 15) is 18.0 Å². The average molecular weight is 324 g/mol. The molecule has 0 saturated heterocycles. The van der Waals surface area contributed by atoms with Crippen molar-refractivity contribution in [2.45, 2.75) is 39.1 Å². The van der Waals surface area contributed by atoms with Crippen molar-refractivity contribution in [3.63, 3.8) is 0 Å². The number of carbonyl (C=O) groups is 1. The van der Waals surface area contributed by atoms with Crippen molar-refractivity contribution in [3.05, 3.63) is 28.8 Å². The lowest BCUT2D eigenvalue weighted by atomic mass is 9.95. The van der Waals surface area contributed by atoms with E-state index >= 15 is 0 Å². The number of Topliss-reactive ketones (excluding diaryl/α,β-unsaturated/α-hetero) is 1. The first-order valence-electron chi connectivity index (χ1n) is 6.39. The minimum atomic E-state index is -4.83. The van der Waals surface area contributed by atoms with Crippen LogP contribution in [0.2, 0.25) is 5.02 Å². The van der Waals surface area contributed by atoms with Crippen LogP contribution in [0.1, 0.15) is 32.3 Å². The summed E-state index contributed by atoms with van der Waals surface area (Å²) in [6, 6.07) is 4.14. The summed E-state index contributed by atoms with van der Waals surface area (Å²) >= 11 is 5.69. The molecular weight excluding hydrogens is 307 g/mol. The molecule has 3 nitrogen and oxygen atoms in total. The number of ether oxygens (including phenoxy) is 1. The maximum absolute atomic E-state index is 12.3. The molecule has 0 radical (unpaired) electrons. The van der Waals surface area contributed by atoms with E-state index in [1.807, 2.05) is 13.8 Å². The predicted molar refractivity (Wildman–Crippen MR) is 74.7 cm³/mol. The number of ketones is 1. The van der Waals surface area contributed by atoms with Gasteiger partial charge in [0.05, 0.1) is 10.9 Å². The molecule has 7 heteroatoms. The summed E-state index contributed by atoms with van der Waals surface area (Å²) in [6.45, 7) is 5.56. The Morgan fingerprint density at radius 3 is 2.48 bits per heavy atom. The van der Waals surface area contributed by atoms with Gasteiger partial charge in [0.1, 0.15) is 11.5 Å². The first kappa shape index (κ1) is 17.8. The molecule has 1 rings (SSSR count). The lowest BCUT2D eigenvalue weighted by molar-refractivity contribution is -0.274. The molecule has 0 aliphatic carbocycles. The molecule has 0 fully saturated rings. The Morgan fingerprint density at radius 1 is 1.38 bits per heavy atom. The molecule has 0 spiro atoms. The van der Waals surface area contributed by atoms with Crippen LogP contribution < -0.4 is 10.1 Å². The fraction of sp³-hybridized carbons (Fsp3) is 0.500. The predicted octanol–water partition coefficient (Wildman–Crippen LogP) is 3.91. The summed E-state index contributed by atoms with van der Waals surface area (Å²) in [5.74, 6) is -1.21. The third-order valence-corrected chi connectivity index (χ3v) is 3.12. The third kappa shape index (κ3) is 5.93. The third-order valence-electron chi connectivity index (χ3n) is 2.80. The standard InChI is InChI=1S/C14H17ClF3NO2/c1-8(2)19-7-11(9(3)20)10-4-5-12(15)13(6-10)21-14(16,17)18/h4-6,8,11,19H,7H2,1-3H3. The fourth-order valence-electron chi connectivity index (χ4n) is 1.79. The quantitative estimate of drug-likeness (QED) is 0.862. The molecule has 0 aromatic heterocycles. The summed E-state index contributed by atoms with van der Waals surface area (Å²) in [5, 5.41) is 2.93. The van der Waals surface area contributed by atoms with Gasteiger partial charge in [-0.25, -0.2) is 0 Å². The lowest BCUT2D eigenvalue weighted by Crippen LogP contribution is -2.30. The topological polar surface area (TPSA) is 38.3 Å². The lowest BCUT2D eigenvalue weighted by Gasteiger charge is -2.19. The van der Waals surface area contributed by atoms with Crippen molar-refractivity contribution in [1.82, 2.24) is 5.32 Å². The van der Waals surface area contributed by atoms with Gasteiger partial charge in [-0.15, -0.1) is 13.2 Å². The molecule has 0 amide bonds. The minimum absolute atomic E-state index is 0.150. The second kappa shape index (κ2) is 7.13.